The third-order valence-corrected chi connectivity index (χ3v) is 2.28. The Labute approximate surface area is 75.7 Å². The third kappa shape index (κ3) is 1.20. The summed E-state index contributed by atoms with van der Waals surface area (Å²) in [5.41, 5.74) is 0.00907. The normalized spacial score (nSPS) is 10.5. The van der Waals surface area contributed by atoms with E-state index in [0.29, 0.717) is 10.9 Å². The van der Waals surface area contributed by atoms with E-state index >= 15 is 0 Å². The van der Waals surface area contributed by atoms with Crippen molar-refractivity contribution in [3.63, 3.8) is 0 Å². The number of aromatic amines is 1. The highest BCUT2D eigenvalue weighted by Crippen LogP contribution is 2.11. The third-order valence-electron chi connectivity index (χ3n) is 1.55. The minimum Gasteiger partial charge on any atom is -0.475 e. The zero-order chi connectivity index (χ0) is 9.42. The summed E-state index contributed by atoms with van der Waals surface area (Å²) < 4.78 is 0. The highest BCUT2D eigenvalue weighted by molar-refractivity contribution is 7.09. The molecule has 0 radical (unpaired) electrons. The van der Waals surface area contributed by atoms with Gasteiger partial charge in [0.2, 0.25) is 5.82 Å². The van der Waals surface area contributed by atoms with Crippen LogP contribution in [0.5, 0.6) is 0 Å². The van der Waals surface area contributed by atoms with Crippen LogP contribution < -0.4 is 5.56 Å². The van der Waals surface area contributed by atoms with Crippen LogP contribution in [0.4, 0.5) is 0 Å². The van der Waals surface area contributed by atoms with Crippen LogP contribution in [-0.4, -0.2) is 21.0 Å². The predicted octanol–water partition coefficient (Wildman–Crippen LogP) is 0.683. The Morgan fingerprint density at radius 2 is 2.31 bits per heavy atom. The van der Waals surface area contributed by atoms with Gasteiger partial charge in [0.05, 0.1) is 10.9 Å². The number of rotatable bonds is 1. The fourth-order valence-electron chi connectivity index (χ4n) is 0.971. The van der Waals surface area contributed by atoms with Crippen LogP contribution in [0.2, 0.25) is 0 Å². The van der Waals surface area contributed by atoms with Crippen LogP contribution in [0.3, 0.4) is 0 Å². The van der Waals surface area contributed by atoms with E-state index in [9.17, 15) is 9.59 Å². The zero-order valence-corrected chi connectivity index (χ0v) is 7.09. The van der Waals surface area contributed by atoms with E-state index in [4.69, 9.17) is 5.11 Å². The van der Waals surface area contributed by atoms with Crippen molar-refractivity contribution in [2.45, 2.75) is 0 Å². The molecule has 5 nitrogen and oxygen atoms in total. The number of carboxylic acids is 1. The maximum absolute atomic E-state index is 11.2. The molecule has 0 spiro atoms. The Hall–Kier alpha value is -1.69. The van der Waals surface area contributed by atoms with Crippen molar-refractivity contribution in [1.29, 1.82) is 0 Å². The van der Waals surface area contributed by atoms with Crippen LogP contribution in [-0.2, 0) is 0 Å². The van der Waals surface area contributed by atoms with Crippen LogP contribution >= 0.6 is 11.3 Å². The number of hydrogen-bond donors (Lipinski definition) is 2. The maximum atomic E-state index is 11.2. The number of fused-ring (bicyclic) bond motifs is 1. The molecule has 2 rings (SSSR count). The highest BCUT2D eigenvalue weighted by Gasteiger charge is 2.09. The lowest BCUT2D eigenvalue weighted by Gasteiger charge is -1.92. The van der Waals surface area contributed by atoms with Crippen molar-refractivity contribution in [2.75, 3.05) is 0 Å². The molecule has 2 N–H and O–H groups in total. The Morgan fingerprint density at radius 1 is 1.54 bits per heavy atom. The number of hydrogen-bond acceptors (Lipinski definition) is 4. The fourth-order valence-corrected chi connectivity index (χ4v) is 1.71. The monoisotopic (exact) mass is 196 g/mol. The first-order valence-corrected chi connectivity index (χ1v) is 4.32. The number of carboxylic acid groups (broad SMARTS) is 1. The van der Waals surface area contributed by atoms with Crippen LogP contribution in [0.1, 0.15) is 10.6 Å². The quantitative estimate of drug-likeness (QED) is 0.702. The van der Waals surface area contributed by atoms with Gasteiger partial charge in [-0.3, -0.25) is 4.79 Å². The van der Waals surface area contributed by atoms with Gasteiger partial charge in [-0.1, -0.05) is 0 Å². The summed E-state index contributed by atoms with van der Waals surface area (Å²) in [7, 11) is 0. The van der Waals surface area contributed by atoms with Crippen molar-refractivity contribution >= 4 is 28.2 Å². The molecule has 0 aliphatic rings. The minimum atomic E-state index is -1.23. The predicted molar refractivity (Wildman–Crippen MR) is 47.2 cm³/mol. The van der Waals surface area contributed by atoms with Gasteiger partial charge in [0.15, 0.2) is 0 Å². The van der Waals surface area contributed by atoms with Gasteiger partial charge in [0, 0.05) is 10.8 Å². The summed E-state index contributed by atoms with van der Waals surface area (Å²) in [6.45, 7) is 0. The Balaban J connectivity index is 2.85. The van der Waals surface area contributed by atoms with Crippen LogP contribution in [0, 0.1) is 0 Å². The molecule has 0 saturated carbocycles. The Bertz CT molecular complexity index is 528. The van der Waals surface area contributed by atoms with E-state index in [-0.39, 0.29) is 5.82 Å². The molecule has 0 unspecified atom stereocenters. The molecular weight excluding hydrogens is 192 g/mol. The van der Waals surface area contributed by atoms with E-state index in [1.54, 1.807) is 10.8 Å². The summed E-state index contributed by atoms with van der Waals surface area (Å²) in [4.78, 5) is 27.6. The first-order valence-electron chi connectivity index (χ1n) is 3.38. The molecule has 2 aromatic heterocycles. The van der Waals surface area contributed by atoms with Gasteiger partial charge >= 0.3 is 5.97 Å². The molecule has 0 aliphatic carbocycles. The standard InChI is InChI=1S/C7H4N2O3S/c10-6-3-1-13-2-4(3)8-5(9-6)7(11)12/h1-2H,(H,11,12)(H,8,9,10). The van der Waals surface area contributed by atoms with Crippen molar-refractivity contribution in [3.05, 3.63) is 26.9 Å². The van der Waals surface area contributed by atoms with Gasteiger partial charge in [-0.2, -0.15) is 0 Å². The van der Waals surface area contributed by atoms with Gasteiger partial charge in [-0.05, 0) is 0 Å². The summed E-state index contributed by atoms with van der Waals surface area (Å²) in [5.74, 6) is -1.55. The molecule has 0 aliphatic heterocycles. The lowest BCUT2D eigenvalue weighted by atomic mass is 10.4. The average molecular weight is 196 g/mol. The van der Waals surface area contributed by atoms with Gasteiger partial charge in [-0.15, -0.1) is 11.3 Å². The Kier molecular flexibility index (Phi) is 1.63. The van der Waals surface area contributed by atoms with Crippen molar-refractivity contribution in [2.24, 2.45) is 0 Å². The summed E-state index contributed by atoms with van der Waals surface area (Å²) in [6, 6.07) is 0. The largest absolute Gasteiger partial charge is 0.475 e. The summed E-state index contributed by atoms with van der Waals surface area (Å²) in [6.07, 6.45) is 0. The van der Waals surface area contributed by atoms with Crippen molar-refractivity contribution < 1.29 is 9.90 Å². The summed E-state index contributed by atoms with van der Waals surface area (Å²) in [5, 5.41) is 12.3. The fraction of sp³-hybridized carbons (Fsp3) is 0. The molecule has 0 bridgehead atoms. The van der Waals surface area contributed by atoms with E-state index in [1.165, 1.54) is 11.3 Å². The van der Waals surface area contributed by atoms with Gasteiger partial charge in [0.25, 0.3) is 5.56 Å². The molecule has 6 heteroatoms. The number of aromatic carboxylic acids is 1. The molecule has 0 atom stereocenters. The van der Waals surface area contributed by atoms with Gasteiger partial charge < -0.3 is 10.1 Å². The average Bonchev–Trinajstić information content (AvgIpc) is 2.51. The second kappa shape index (κ2) is 2.67. The topological polar surface area (TPSA) is 83.0 Å². The lowest BCUT2D eigenvalue weighted by molar-refractivity contribution is 0.0683. The number of nitrogens with zero attached hydrogens (tertiary/aromatic N) is 1. The van der Waals surface area contributed by atoms with E-state index in [1.807, 2.05) is 0 Å². The molecule has 0 fully saturated rings. The summed E-state index contributed by atoms with van der Waals surface area (Å²) >= 11 is 1.31. The lowest BCUT2D eigenvalue weighted by Crippen LogP contribution is -2.14. The van der Waals surface area contributed by atoms with Crippen LogP contribution in [0.25, 0.3) is 10.9 Å². The molecule has 0 saturated heterocycles. The van der Waals surface area contributed by atoms with Crippen LogP contribution in [0.15, 0.2) is 15.6 Å². The first-order chi connectivity index (χ1) is 6.18. The first kappa shape index (κ1) is 7.93. The molecule has 2 heterocycles. The van der Waals surface area contributed by atoms with E-state index in [2.05, 4.69) is 9.97 Å². The van der Waals surface area contributed by atoms with E-state index in [0.717, 1.165) is 0 Å². The molecule has 66 valence electrons. The van der Waals surface area contributed by atoms with Crippen molar-refractivity contribution in [3.8, 4) is 0 Å². The number of carbonyl (C=O) groups is 1. The number of aromatic nitrogens is 2. The molecule has 0 amide bonds. The van der Waals surface area contributed by atoms with Crippen molar-refractivity contribution in [1.82, 2.24) is 9.97 Å². The number of H-pyrrole nitrogens is 1. The zero-order valence-electron chi connectivity index (χ0n) is 6.27. The van der Waals surface area contributed by atoms with Gasteiger partial charge in [0.1, 0.15) is 0 Å². The second-order valence-corrected chi connectivity index (χ2v) is 3.13. The molecule has 13 heavy (non-hydrogen) atoms. The molecule has 0 aromatic carbocycles. The number of thiophene rings is 1. The second-order valence-electron chi connectivity index (χ2n) is 2.39. The minimum absolute atomic E-state index is 0.323. The molecular formula is C7H4N2O3S. The SMILES string of the molecule is O=C(O)c1nc2cscc2c(=O)[nH]1. The van der Waals surface area contributed by atoms with Gasteiger partial charge in [-0.25, -0.2) is 9.78 Å². The van der Waals surface area contributed by atoms with E-state index < -0.39 is 11.5 Å². The maximum Gasteiger partial charge on any atom is 0.372 e. The molecule has 2 aromatic rings. The Morgan fingerprint density at radius 3 is 3.00 bits per heavy atom. The highest BCUT2D eigenvalue weighted by atomic mass is 32.1. The smallest absolute Gasteiger partial charge is 0.372 e. The number of nitrogens with one attached hydrogen (secondary N) is 1.